The van der Waals surface area contributed by atoms with E-state index >= 15 is 0 Å². The van der Waals surface area contributed by atoms with Crippen LogP contribution in [0.5, 0.6) is 11.5 Å². The van der Waals surface area contributed by atoms with Gasteiger partial charge in [0.15, 0.2) is 11.5 Å². The molecule has 136 valence electrons. The van der Waals surface area contributed by atoms with Crippen molar-refractivity contribution in [2.75, 3.05) is 25.6 Å². The highest BCUT2D eigenvalue weighted by Crippen LogP contribution is 2.41. The molecular weight excluding hydrogens is 336 g/mol. The van der Waals surface area contributed by atoms with Crippen LogP contribution in [0.2, 0.25) is 0 Å². The van der Waals surface area contributed by atoms with Crippen molar-refractivity contribution in [1.82, 2.24) is 15.1 Å². The molecule has 0 saturated carbocycles. The van der Waals surface area contributed by atoms with Crippen molar-refractivity contribution in [3.63, 3.8) is 0 Å². The Bertz CT molecular complexity index is 920. The minimum absolute atomic E-state index is 0.236. The average Bonchev–Trinajstić information content (AvgIpc) is 2.67. The van der Waals surface area contributed by atoms with Crippen LogP contribution in [0.4, 0.5) is 5.69 Å². The normalized spacial score (nSPS) is 12.4. The molecule has 8 nitrogen and oxygen atoms in total. The lowest BCUT2D eigenvalue weighted by Crippen LogP contribution is -2.24. The van der Waals surface area contributed by atoms with Gasteiger partial charge in [-0.25, -0.2) is 4.68 Å². The summed E-state index contributed by atoms with van der Waals surface area (Å²) in [5.74, 6) is 0.872. The van der Waals surface area contributed by atoms with Gasteiger partial charge in [0.2, 0.25) is 5.91 Å². The van der Waals surface area contributed by atoms with E-state index in [1.165, 1.54) is 10.8 Å². The fourth-order valence-electron chi connectivity index (χ4n) is 2.75. The second-order valence-corrected chi connectivity index (χ2v) is 5.67. The molecule has 0 aliphatic carbocycles. The van der Waals surface area contributed by atoms with Gasteiger partial charge in [-0.3, -0.25) is 9.59 Å². The Morgan fingerprint density at radius 1 is 1.38 bits per heavy atom. The second-order valence-electron chi connectivity index (χ2n) is 5.67. The van der Waals surface area contributed by atoms with Crippen molar-refractivity contribution in [3.8, 4) is 22.8 Å². The SMILES string of the molecule is C=CC(=O)NCc1ccc2c(c1-c1cc(NC)c(=O)n(C)n1)OCCO2. The van der Waals surface area contributed by atoms with Crippen LogP contribution in [-0.4, -0.2) is 35.9 Å². The molecule has 0 saturated heterocycles. The number of aryl methyl sites for hydroxylation is 1. The number of ether oxygens (including phenoxy) is 2. The summed E-state index contributed by atoms with van der Waals surface area (Å²) >= 11 is 0. The van der Waals surface area contributed by atoms with Gasteiger partial charge < -0.3 is 20.1 Å². The van der Waals surface area contributed by atoms with Crippen molar-refractivity contribution in [1.29, 1.82) is 0 Å². The molecule has 2 N–H and O–H groups in total. The van der Waals surface area contributed by atoms with Gasteiger partial charge in [0, 0.05) is 20.6 Å². The highest BCUT2D eigenvalue weighted by atomic mass is 16.6. The van der Waals surface area contributed by atoms with Crippen LogP contribution < -0.4 is 25.7 Å². The molecule has 3 rings (SSSR count). The molecule has 1 amide bonds. The van der Waals surface area contributed by atoms with E-state index in [1.807, 2.05) is 6.07 Å². The van der Waals surface area contributed by atoms with Crippen molar-refractivity contribution < 1.29 is 14.3 Å². The molecule has 0 atom stereocenters. The van der Waals surface area contributed by atoms with Crippen LogP contribution >= 0.6 is 0 Å². The Kier molecular flexibility index (Phi) is 4.92. The van der Waals surface area contributed by atoms with Gasteiger partial charge in [-0.05, 0) is 23.8 Å². The van der Waals surface area contributed by atoms with E-state index < -0.39 is 0 Å². The maximum Gasteiger partial charge on any atom is 0.289 e. The van der Waals surface area contributed by atoms with Crippen molar-refractivity contribution in [2.24, 2.45) is 7.05 Å². The summed E-state index contributed by atoms with van der Waals surface area (Å²) in [6.07, 6.45) is 1.21. The predicted molar refractivity (Wildman–Crippen MR) is 97.5 cm³/mol. The van der Waals surface area contributed by atoms with Crippen molar-refractivity contribution in [2.45, 2.75) is 6.54 Å². The van der Waals surface area contributed by atoms with E-state index in [9.17, 15) is 9.59 Å². The zero-order valence-corrected chi connectivity index (χ0v) is 14.7. The molecule has 8 heteroatoms. The maximum atomic E-state index is 12.1. The quantitative estimate of drug-likeness (QED) is 0.778. The maximum absolute atomic E-state index is 12.1. The monoisotopic (exact) mass is 356 g/mol. The van der Waals surface area contributed by atoms with Crippen LogP contribution in [0.3, 0.4) is 0 Å². The van der Waals surface area contributed by atoms with Crippen molar-refractivity contribution >= 4 is 11.6 Å². The Labute approximate surface area is 150 Å². The summed E-state index contributed by atoms with van der Waals surface area (Å²) in [7, 11) is 3.25. The lowest BCUT2D eigenvalue weighted by atomic mass is 10.0. The number of nitrogens with one attached hydrogen (secondary N) is 2. The highest BCUT2D eigenvalue weighted by molar-refractivity contribution is 5.87. The molecule has 0 fully saturated rings. The minimum atomic E-state index is -0.282. The van der Waals surface area contributed by atoms with Gasteiger partial charge in [-0.2, -0.15) is 5.10 Å². The number of anilines is 1. The Balaban J connectivity index is 2.17. The molecule has 2 heterocycles. The first-order valence-corrected chi connectivity index (χ1v) is 8.13. The number of fused-ring (bicyclic) bond motifs is 1. The molecule has 1 aliphatic heterocycles. The number of carbonyl (C=O) groups is 1. The molecule has 0 radical (unpaired) electrons. The number of rotatable bonds is 5. The van der Waals surface area contributed by atoms with Crippen LogP contribution in [0.15, 0.2) is 35.6 Å². The van der Waals surface area contributed by atoms with Gasteiger partial charge in [0.25, 0.3) is 5.56 Å². The number of amides is 1. The fraction of sp³-hybridized carbons (Fsp3) is 0.278. The van der Waals surface area contributed by atoms with Gasteiger partial charge in [-0.15, -0.1) is 0 Å². The molecule has 1 aliphatic rings. The Morgan fingerprint density at radius 2 is 2.15 bits per heavy atom. The van der Waals surface area contributed by atoms with Gasteiger partial charge >= 0.3 is 0 Å². The Hall–Kier alpha value is -3.29. The number of nitrogens with zero attached hydrogens (tertiary/aromatic N) is 2. The molecule has 1 aromatic heterocycles. The fourth-order valence-corrected chi connectivity index (χ4v) is 2.75. The van der Waals surface area contributed by atoms with E-state index in [-0.39, 0.29) is 18.0 Å². The van der Waals surface area contributed by atoms with E-state index in [0.29, 0.717) is 41.7 Å². The van der Waals surface area contributed by atoms with E-state index in [1.54, 1.807) is 26.2 Å². The lowest BCUT2D eigenvalue weighted by Gasteiger charge is -2.23. The molecular formula is C18H20N4O4. The number of aromatic nitrogens is 2. The van der Waals surface area contributed by atoms with Gasteiger partial charge in [-0.1, -0.05) is 12.6 Å². The summed E-state index contributed by atoms with van der Waals surface area (Å²) in [4.78, 5) is 23.7. The molecule has 0 bridgehead atoms. The first-order chi connectivity index (χ1) is 12.5. The van der Waals surface area contributed by atoms with Crippen LogP contribution in [0.1, 0.15) is 5.56 Å². The number of benzene rings is 1. The van der Waals surface area contributed by atoms with E-state index in [0.717, 1.165) is 5.56 Å². The second kappa shape index (κ2) is 7.30. The lowest BCUT2D eigenvalue weighted by molar-refractivity contribution is -0.116. The number of hydrogen-bond donors (Lipinski definition) is 2. The topological polar surface area (TPSA) is 94.5 Å². The predicted octanol–water partition coefficient (Wildman–Crippen LogP) is 1.06. The molecule has 0 unspecified atom stereocenters. The van der Waals surface area contributed by atoms with Crippen LogP contribution in [0, 0.1) is 0 Å². The molecule has 1 aromatic carbocycles. The third kappa shape index (κ3) is 3.26. The number of hydrogen-bond acceptors (Lipinski definition) is 6. The summed E-state index contributed by atoms with van der Waals surface area (Å²) in [5, 5.41) is 9.99. The zero-order chi connectivity index (χ0) is 18.7. The molecule has 26 heavy (non-hydrogen) atoms. The summed E-state index contributed by atoms with van der Waals surface area (Å²) in [5.41, 5.74) is 2.19. The highest BCUT2D eigenvalue weighted by Gasteiger charge is 2.23. The van der Waals surface area contributed by atoms with E-state index in [4.69, 9.17) is 9.47 Å². The minimum Gasteiger partial charge on any atom is -0.486 e. The van der Waals surface area contributed by atoms with Gasteiger partial charge in [0.05, 0.1) is 11.3 Å². The smallest absolute Gasteiger partial charge is 0.289 e. The van der Waals surface area contributed by atoms with E-state index in [2.05, 4.69) is 22.3 Å². The van der Waals surface area contributed by atoms with Crippen LogP contribution in [-0.2, 0) is 18.4 Å². The van der Waals surface area contributed by atoms with Crippen molar-refractivity contribution in [3.05, 3.63) is 46.8 Å². The van der Waals surface area contributed by atoms with Crippen LogP contribution in [0.25, 0.3) is 11.3 Å². The standard InChI is InChI=1S/C18H20N4O4/c1-4-15(23)20-10-11-5-6-14-17(26-8-7-25-14)16(11)12-9-13(19-2)18(24)22(3)21-12/h4-6,9,19H,1,7-8,10H2,2-3H3,(H,20,23). The first kappa shape index (κ1) is 17.5. The third-order valence-corrected chi connectivity index (χ3v) is 4.02. The first-order valence-electron chi connectivity index (χ1n) is 8.13. The van der Waals surface area contributed by atoms with Gasteiger partial charge in [0.1, 0.15) is 18.9 Å². The summed E-state index contributed by atoms with van der Waals surface area (Å²) in [6.45, 7) is 4.58. The third-order valence-electron chi connectivity index (χ3n) is 4.02. The Morgan fingerprint density at radius 3 is 2.88 bits per heavy atom. The molecule has 0 spiro atoms. The zero-order valence-electron chi connectivity index (χ0n) is 14.7. The summed E-state index contributed by atoms with van der Waals surface area (Å²) in [6, 6.07) is 5.31. The largest absolute Gasteiger partial charge is 0.486 e. The molecule has 2 aromatic rings. The summed E-state index contributed by atoms with van der Waals surface area (Å²) < 4.78 is 12.7. The number of carbonyl (C=O) groups excluding carboxylic acids is 1. The average molecular weight is 356 g/mol.